The van der Waals surface area contributed by atoms with Crippen molar-refractivity contribution in [2.75, 3.05) is 14.2 Å². The monoisotopic (exact) mass is 383 g/mol. The molecular weight excluding hydrogens is 358 g/mol. The van der Waals surface area contributed by atoms with Crippen LogP contribution in [0, 0.1) is 0 Å². The summed E-state index contributed by atoms with van der Waals surface area (Å²) < 4.78 is 10.3. The number of rotatable bonds is 8. The molecule has 28 heavy (non-hydrogen) atoms. The normalized spacial score (nSPS) is 11.9. The van der Waals surface area contributed by atoms with Gasteiger partial charge in [-0.25, -0.2) is 0 Å². The van der Waals surface area contributed by atoms with Gasteiger partial charge in [0.15, 0.2) is 0 Å². The van der Waals surface area contributed by atoms with Crippen LogP contribution in [0.2, 0.25) is 0 Å². The smallest absolute Gasteiger partial charge is 0.269 e. The second-order valence-corrected chi connectivity index (χ2v) is 6.15. The molecule has 0 aliphatic heterocycles. The minimum absolute atomic E-state index is 0.128. The molecule has 0 aliphatic carbocycles. The third-order valence-electron chi connectivity index (χ3n) is 3.99. The van der Waals surface area contributed by atoms with Gasteiger partial charge in [-0.3, -0.25) is 15.0 Å². The molecule has 0 bridgehead atoms. The van der Waals surface area contributed by atoms with Crippen LogP contribution in [-0.2, 0) is 4.79 Å². The van der Waals surface area contributed by atoms with E-state index in [0.717, 1.165) is 5.56 Å². The second kappa shape index (κ2) is 10.0. The number of methoxy groups -OCH3 is 2. The van der Waals surface area contributed by atoms with Crippen LogP contribution in [-0.4, -0.2) is 26.0 Å². The first-order valence-electron chi connectivity index (χ1n) is 8.76. The van der Waals surface area contributed by atoms with Gasteiger partial charge in [-0.15, -0.1) is 0 Å². The lowest BCUT2D eigenvalue weighted by Crippen LogP contribution is -2.37. The Morgan fingerprint density at radius 1 is 0.964 bits per heavy atom. The zero-order valence-electron chi connectivity index (χ0n) is 16.4. The zero-order chi connectivity index (χ0) is 20.5. The third-order valence-corrected chi connectivity index (χ3v) is 3.99. The number of allylic oxidation sites excluding steroid dienone is 1. The Morgan fingerprint density at radius 3 is 2.14 bits per heavy atom. The Kier molecular flexibility index (Phi) is 7.45. The van der Waals surface area contributed by atoms with E-state index in [-0.39, 0.29) is 17.9 Å². The number of amides is 2. The van der Waals surface area contributed by atoms with E-state index in [0.29, 0.717) is 22.8 Å². The van der Waals surface area contributed by atoms with Gasteiger partial charge in [0.25, 0.3) is 5.91 Å². The van der Waals surface area contributed by atoms with Crippen LogP contribution in [0.1, 0.15) is 35.8 Å². The van der Waals surface area contributed by atoms with Crippen molar-refractivity contribution in [2.45, 2.75) is 19.9 Å². The molecule has 2 aromatic rings. The van der Waals surface area contributed by atoms with Crippen molar-refractivity contribution in [2.24, 2.45) is 0 Å². The summed E-state index contributed by atoms with van der Waals surface area (Å²) in [7, 11) is 3.02. The number of ether oxygens (including phenoxy) is 2. The molecule has 0 fully saturated rings. The van der Waals surface area contributed by atoms with E-state index in [1.54, 1.807) is 25.1 Å². The Bertz CT molecular complexity index is 828. The van der Waals surface area contributed by atoms with E-state index in [4.69, 9.17) is 9.47 Å². The molecule has 0 saturated carbocycles. The standard InChI is InChI=1S/C21H25N3O4/c1-14(10-20(25)22-15(2)16-8-6-5-7-9-16)23-24-21(26)17-11-18(27-3)13-19(12-17)28-4/h5-13,15,23H,1-4H3,(H,22,25)(H,24,26). The van der Waals surface area contributed by atoms with Crippen molar-refractivity contribution >= 4 is 11.8 Å². The summed E-state index contributed by atoms with van der Waals surface area (Å²) in [6.07, 6.45) is 1.38. The molecule has 0 spiro atoms. The average Bonchev–Trinajstić information content (AvgIpc) is 2.71. The predicted octanol–water partition coefficient (Wildman–Crippen LogP) is 2.72. The number of carbonyl (C=O) groups is 2. The third kappa shape index (κ3) is 6.05. The first kappa shape index (κ1) is 20.8. The van der Waals surface area contributed by atoms with Gasteiger partial charge in [-0.05, 0) is 31.5 Å². The van der Waals surface area contributed by atoms with Gasteiger partial charge in [0.2, 0.25) is 5.91 Å². The number of carbonyl (C=O) groups excluding carboxylic acids is 2. The average molecular weight is 383 g/mol. The fraction of sp³-hybridized carbons (Fsp3) is 0.238. The van der Waals surface area contributed by atoms with Gasteiger partial charge in [0.05, 0.1) is 20.3 Å². The lowest BCUT2D eigenvalue weighted by atomic mass is 10.1. The zero-order valence-corrected chi connectivity index (χ0v) is 16.4. The minimum Gasteiger partial charge on any atom is -0.497 e. The Hall–Kier alpha value is -3.48. The second-order valence-electron chi connectivity index (χ2n) is 6.15. The maximum absolute atomic E-state index is 12.3. The van der Waals surface area contributed by atoms with Crippen molar-refractivity contribution in [3.63, 3.8) is 0 Å². The van der Waals surface area contributed by atoms with Gasteiger partial charge in [0, 0.05) is 23.4 Å². The molecule has 0 heterocycles. The molecular formula is C21H25N3O4. The Labute approximate surface area is 164 Å². The van der Waals surface area contributed by atoms with Crippen LogP contribution in [0.5, 0.6) is 11.5 Å². The highest BCUT2D eigenvalue weighted by molar-refractivity contribution is 5.95. The molecule has 0 radical (unpaired) electrons. The van der Waals surface area contributed by atoms with Crippen LogP contribution < -0.4 is 25.6 Å². The molecule has 7 heteroatoms. The van der Waals surface area contributed by atoms with Crippen molar-refractivity contribution in [3.05, 3.63) is 71.4 Å². The van der Waals surface area contributed by atoms with Gasteiger partial charge < -0.3 is 20.2 Å². The van der Waals surface area contributed by atoms with E-state index in [2.05, 4.69) is 16.2 Å². The fourth-order valence-corrected chi connectivity index (χ4v) is 2.48. The fourth-order valence-electron chi connectivity index (χ4n) is 2.48. The van der Waals surface area contributed by atoms with Crippen molar-refractivity contribution in [1.29, 1.82) is 0 Å². The molecule has 2 amide bonds. The summed E-state index contributed by atoms with van der Waals surface area (Å²) in [5, 5.41) is 2.88. The Morgan fingerprint density at radius 2 is 1.57 bits per heavy atom. The summed E-state index contributed by atoms with van der Waals surface area (Å²) in [6, 6.07) is 14.4. The van der Waals surface area contributed by atoms with Gasteiger partial charge in [-0.1, -0.05) is 30.3 Å². The van der Waals surface area contributed by atoms with Gasteiger partial charge in [0.1, 0.15) is 11.5 Å². The van der Waals surface area contributed by atoms with Crippen molar-refractivity contribution < 1.29 is 19.1 Å². The number of hydrogen-bond acceptors (Lipinski definition) is 5. The van der Waals surface area contributed by atoms with Crippen LogP contribution in [0.4, 0.5) is 0 Å². The first-order valence-corrected chi connectivity index (χ1v) is 8.76. The van der Waals surface area contributed by atoms with Crippen molar-refractivity contribution in [1.82, 2.24) is 16.2 Å². The summed E-state index contributed by atoms with van der Waals surface area (Å²) >= 11 is 0. The summed E-state index contributed by atoms with van der Waals surface area (Å²) in [5.74, 6) is 0.360. The maximum Gasteiger partial charge on any atom is 0.269 e. The van der Waals surface area contributed by atoms with E-state index >= 15 is 0 Å². The van der Waals surface area contributed by atoms with E-state index in [1.165, 1.54) is 20.3 Å². The van der Waals surface area contributed by atoms with Crippen molar-refractivity contribution in [3.8, 4) is 11.5 Å². The molecule has 148 valence electrons. The summed E-state index contributed by atoms with van der Waals surface area (Å²) in [6.45, 7) is 3.58. The largest absolute Gasteiger partial charge is 0.497 e. The molecule has 0 saturated heterocycles. The highest BCUT2D eigenvalue weighted by Gasteiger charge is 2.11. The highest BCUT2D eigenvalue weighted by atomic mass is 16.5. The topological polar surface area (TPSA) is 88.7 Å². The number of nitrogens with one attached hydrogen (secondary N) is 3. The molecule has 3 N–H and O–H groups in total. The van der Waals surface area contributed by atoms with Gasteiger partial charge >= 0.3 is 0 Å². The number of benzene rings is 2. The SMILES string of the molecule is COc1cc(OC)cc(C(=O)NNC(C)=CC(=O)NC(C)c2ccccc2)c1. The van der Waals surface area contributed by atoms with E-state index in [1.807, 2.05) is 37.3 Å². The lowest BCUT2D eigenvalue weighted by Gasteiger charge is -2.14. The molecule has 2 rings (SSSR count). The maximum atomic E-state index is 12.3. The summed E-state index contributed by atoms with van der Waals surface area (Å²) in [4.78, 5) is 24.5. The Balaban J connectivity index is 1.92. The quantitative estimate of drug-likeness (QED) is 0.482. The first-order chi connectivity index (χ1) is 13.4. The molecule has 1 unspecified atom stereocenters. The lowest BCUT2D eigenvalue weighted by molar-refractivity contribution is -0.117. The minimum atomic E-state index is -0.386. The highest BCUT2D eigenvalue weighted by Crippen LogP contribution is 2.22. The predicted molar refractivity (Wildman–Crippen MR) is 107 cm³/mol. The molecule has 7 nitrogen and oxygen atoms in total. The van der Waals surface area contributed by atoms with E-state index in [9.17, 15) is 9.59 Å². The number of hydrazine groups is 1. The number of hydrogen-bond donors (Lipinski definition) is 3. The molecule has 1 atom stereocenters. The van der Waals surface area contributed by atoms with Gasteiger partial charge in [-0.2, -0.15) is 0 Å². The van der Waals surface area contributed by atoms with Crippen LogP contribution in [0.15, 0.2) is 60.3 Å². The molecule has 0 aliphatic rings. The van der Waals surface area contributed by atoms with Crippen LogP contribution in [0.25, 0.3) is 0 Å². The molecule has 2 aromatic carbocycles. The summed E-state index contributed by atoms with van der Waals surface area (Å²) in [5.41, 5.74) is 7.12. The van der Waals surface area contributed by atoms with E-state index < -0.39 is 0 Å². The molecule has 0 aromatic heterocycles. The van der Waals surface area contributed by atoms with Crippen LogP contribution in [0.3, 0.4) is 0 Å². The van der Waals surface area contributed by atoms with Crippen LogP contribution >= 0.6 is 0 Å².